The first-order chi connectivity index (χ1) is 15.2. The number of rotatable bonds is 17. The number of amides is 3. The second kappa shape index (κ2) is 17.2. The molecule has 0 aliphatic carbocycles. The Morgan fingerprint density at radius 2 is 1.81 bits per heavy atom. The predicted octanol–water partition coefficient (Wildman–Crippen LogP) is 1.80. The normalized spacial score (nSPS) is 14.8. The fourth-order valence-corrected chi connectivity index (χ4v) is 3.42. The van der Waals surface area contributed by atoms with Crippen LogP contribution in [0.3, 0.4) is 0 Å². The monoisotopic (exact) mass is 467 g/mol. The second-order valence-electron chi connectivity index (χ2n) is 8.11. The Labute approximate surface area is 196 Å². The topological polar surface area (TPSA) is 131 Å². The molecule has 0 spiro atoms. The summed E-state index contributed by atoms with van der Waals surface area (Å²) in [6, 6.07) is 0.436. The summed E-state index contributed by atoms with van der Waals surface area (Å²) in [7, 11) is 3.28. The molecule has 10 heteroatoms. The van der Waals surface area contributed by atoms with Gasteiger partial charge >= 0.3 is 0 Å². The zero-order valence-corrected chi connectivity index (χ0v) is 20.3. The first kappa shape index (κ1) is 29.6. The van der Waals surface area contributed by atoms with Crippen LogP contribution in [0.15, 0.2) is 12.2 Å². The summed E-state index contributed by atoms with van der Waals surface area (Å²) in [5.74, 6) is -0.135. The van der Waals surface area contributed by atoms with Crippen LogP contribution in [0.1, 0.15) is 52.4 Å². The zero-order chi connectivity index (χ0) is 24.5. The molecule has 3 amide bonds. The SMILES string of the molecule is CNC(C#N)CCCC(C/C=C/CC(NC(=O)S)C(=O)N(C)[C@@H](C=O)CC(C)C)NC=O. The summed E-state index contributed by atoms with van der Waals surface area (Å²) in [6.45, 7) is 3.93. The van der Waals surface area contributed by atoms with Crippen molar-refractivity contribution < 1.29 is 19.2 Å². The third-order valence-corrected chi connectivity index (χ3v) is 5.25. The average molecular weight is 468 g/mol. The maximum atomic E-state index is 12.8. The molecule has 0 aromatic rings. The third kappa shape index (κ3) is 12.5. The standard InChI is InChI=1S/C22H37N5O4S/c1-16(2)12-19(14-28)27(4)21(30)20(26-22(31)32)11-6-5-8-17(25-15-29)9-7-10-18(13-23)24-3/h5-6,14-20,24H,7-12H2,1-4H3,(H,25,29)(H2,26,31,32)/b6-5+/t17?,18?,19-,20?/m1/s1. The lowest BCUT2D eigenvalue weighted by atomic mass is 10.0. The van der Waals surface area contributed by atoms with Crippen molar-refractivity contribution in [1.29, 1.82) is 5.26 Å². The van der Waals surface area contributed by atoms with Gasteiger partial charge in [0.15, 0.2) is 0 Å². The molecule has 0 heterocycles. The molecular weight excluding hydrogens is 430 g/mol. The first-order valence-electron chi connectivity index (χ1n) is 10.8. The van der Waals surface area contributed by atoms with Crippen LogP contribution in [0, 0.1) is 17.2 Å². The lowest BCUT2D eigenvalue weighted by molar-refractivity contribution is -0.136. The summed E-state index contributed by atoms with van der Waals surface area (Å²) in [6.07, 6.45) is 8.46. The Kier molecular flexibility index (Phi) is 15.9. The molecule has 3 N–H and O–H groups in total. The van der Waals surface area contributed by atoms with Gasteiger partial charge in [-0.15, -0.1) is 0 Å². The van der Waals surface area contributed by atoms with Gasteiger partial charge in [0.25, 0.3) is 5.24 Å². The van der Waals surface area contributed by atoms with Gasteiger partial charge in [-0.2, -0.15) is 5.26 Å². The van der Waals surface area contributed by atoms with Gasteiger partial charge in [0.2, 0.25) is 12.3 Å². The average Bonchev–Trinajstić information content (AvgIpc) is 2.75. The number of hydrogen-bond acceptors (Lipinski definition) is 6. The minimum atomic E-state index is -0.847. The van der Waals surface area contributed by atoms with Crippen molar-refractivity contribution in [2.24, 2.45) is 5.92 Å². The van der Waals surface area contributed by atoms with E-state index in [9.17, 15) is 19.2 Å². The number of carbonyl (C=O) groups excluding carboxylic acids is 4. The minimum Gasteiger partial charge on any atom is -0.356 e. The molecular formula is C22H37N5O4S. The molecule has 9 nitrogen and oxygen atoms in total. The molecule has 0 aliphatic rings. The Hall–Kier alpha value is -2.38. The van der Waals surface area contributed by atoms with Crippen LogP contribution in [0.4, 0.5) is 4.79 Å². The molecule has 0 aromatic heterocycles. The summed E-state index contributed by atoms with van der Waals surface area (Å²) >= 11 is 3.72. The van der Waals surface area contributed by atoms with Gasteiger partial charge in [-0.25, -0.2) is 0 Å². The van der Waals surface area contributed by atoms with Gasteiger partial charge in [0.05, 0.1) is 18.2 Å². The highest BCUT2D eigenvalue weighted by atomic mass is 32.1. The van der Waals surface area contributed by atoms with Gasteiger partial charge in [-0.1, -0.05) is 38.6 Å². The van der Waals surface area contributed by atoms with E-state index in [2.05, 4.69) is 34.6 Å². The van der Waals surface area contributed by atoms with Crippen LogP contribution in [-0.2, 0) is 14.4 Å². The van der Waals surface area contributed by atoms with E-state index < -0.39 is 17.3 Å². The molecule has 0 saturated carbocycles. The van der Waals surface area contributed by atoms with E-state index in [0.717, 1.165) is 12.7 Å². The molecule has 0 fully saturated rings. The number of hydrogen-bond donors (Lipinski definition) is 4. The van der Waals surface area contributed by atoms with Crippen LogP contribution in [0.25, 0.3) is 0 Å². The summed E-state index contributed by atoms with van der Waals surface area (Å²) in [5.41, 5.74) is 0. The van der Waals surface area contributed by atoms with Crippen molar-refractivity contribution in [3.05, 3.63) is 12.2 Å². The van der Waals surface area contributed by atoms with E-state index in [4.69, 9.17) is 5.26 Å². The largest absolute Gasteiger partial charge is 0.356 e. The van der Waals surface area contributed by atoms with E-state index >= 15 is 0 Å². The molecule has 0 rings (SSSR count). The summed E-state index contributed by atoms with van der Waals surface area (Å²) in [4.78, 5) is 48.0. The number of thiol groups is 1. The Morgan fingerprint density at radius 1 is 1.16 bits per heavy atom. The molecule has 0 aliphatic heterocycles. The van der Waals surface area contributed by atoms with Crippen LogP contribution in [0.5, 0.6) is 0 Å². The zero-order valence-electron chi connectivity index (χ0n) is 19.4. The molecule has 3 unspecified atom stereocenters. The summed E-state index contributed by atoms with van der Waals surface area (Å²) < 4.78 is 0. The number of carbonyl (C=O) groups is 4. The molecule has 0 radical (unpaired) electrons. The van der Waals surface area contributed by atoms with Gasteiger partial charge in [-0.3, -0.25) is 14.4 Å². The molecule has 0 saturated heterocycles. The van der Waals surface area contributed by atoms with Crippen LogP contribution in [0.2, 0.25) is 0 Å². The lowest BCUT2D eigenvalue weighted by Gasteiger charge is -2.29. The van der Waals surface area contributed by atoms with Crippen LogP contribution in [-0.4, -0.2) is 67.0 Å². The minimum absolute atomic E-state index is 0.0956. The number of likely N-dealkylation sites (N-methyl/N-ethyl adjacent to an activating group) is 1. The van der Waals surface area contributed by atoms with Gasteiger partial charge in [0.1, 0.15) is 12.3 Å². The van der Waals surface area contributed by atoms with Gasteiger partial charge in [-0.05, 0) is 51.5 Å². The Bertz CT molecular complexity index is 665. The number of nitrogens with one attached hydrogen (secondary N) is 3. The number of aldehydes is 1. The van der Waals surface area contributed by atoms with Crippen molar-refractivity contribution in [1.82, 2.24) is 20.9 Å². The van der Waals surface area contributed by atoms with E-state index in [0.29, 0.717) is 32.1 Å². The van der Waals surface area contributed by atoms with Crippen molar-refractivity contribution in [3.63, 3.8) is 0 Å². The number of nitriles is 1. The summed E-state index contributed by atoms with van der Waals surface area (Å²) in [5, 5.41) is 16.5. The predicted molar refractivity (Wildman–Crippen MR) is 127 cm³/mol. The molecule has 0 aromatic carbocycles. The van der Waals surface area contributed by atoms with E-state index in [1.54, 1.807) is 20.2 Å². The lowest BCUT2D eigenvalue weighted by Crippen LogP contribution is -2.50. The molecule has 180 valence electrons. The van der Waals surface area contributed by atoms with Crippen LogP contribution >= 0.6 is 12.6 Å². The van der Waals surface area contributed by atoms with Crippen molar-refractivity contribution in [3.8, 4) is 6.07 Å². The van der Waals surface area contributed by atoms with Crippen LogP contribution < -0.4 is 16.0 Å². The van der Waals surface area contributed by atoms with E-state index in [1.165, 1.54) is 4.90 Å². The van der Waals surface area contributed by atoms with E-state index in [1.807, 2.05) is 19.9 Å². The highest BCUT2D eigenvalue weighted by Crippen LogP contribution is 2.12. The van der Waals surface area contributed by atoms with Crippen molar-refractivity contribution in [2.45, 2.75) is 76.5 Å². The fraction of sp³-hybridized carbons (Fsp3) is 0.682. The molecule has 32 heavy (non-hydrogen) atoms. The van der Waals surface area contributed by atoms with Gasteiger partial charge in [0, 0.05) is 13.1 Å². The fourth-order valence-electron chi connectivity index (χ4n) is 3.27. The highest BCUT2D eigenvalue weighted by Gasteiger charge is 2.27. The molecule has 4 atom stereocenters. The van der Waals surface area contributed by atoms with Crippen molar-refractivity contribution >= 4 is 36.5 Å². The smallest absolute Gasteiger partial charge is 0.276 e. The van der Waals surface area contributed by atoms with E-state index in [-0.39, 0.29) is 30.3 Å². The quantitative estimate of drug-likeness (QED) is 0.147. The first-order valence-corrected chi connectivity index (χ1v) is 11.3. The molecule has 0 bridgehead atoms. The maximum absolute atomic E-state index is 12.8. The third-order valence-electron chi connectivity index (χ3n) is 5.12. The Balaban J connectivity index is 4.95. The van der Waals surface area contributed by atoms with Gasteiger partial charge < -0.3 is 25.6 Å². The van der Waals surface area contributed by atoms with Crippen molar-refractivity contribution in [2.75, 3.05) is 14.1 Å². The number of nitrogens with zero attached hydrogens (tertiary/aromatic N) is 2. The Morgan fingerprint density at radius 3 is 2.31 bits per heavy atom. The highest BCUT2D eigenvalue weighted by molar-refractivity contribution is 7.96. The second-order valence-corrected chi connectivity index (χ2v) is 8.52. The maximum Gasteiger partial charge on any atom is 0.276 e.